The molecule has 0 aromatic carbocycles. The Labute approximate surface area is 107 Å². The Morgan fingerprint density at radius 1 is 1.44 bits per heavy atom. The molecule has 1 atom stereocenters. The van der Waals surface area contributed by atoms with E-state index in [1.807, 2.05) is 12.1 Å². The molecule has 0 saturated carbocycles. The van der Waals surface area contributed by atoms with Crippen molar-refractivity contribution in [2.75, 3.05) is 6.54 Å². The maximum atomic E-state index is 5.93. The van der Waals surface area contributed by atoms with Crippen molar-refractivity contribution in [2.24, 2.45) is 0 Å². The third-order valence-electron chi connectivity index (χ3n) is 2.71. The van der Waals surface area contributed by atoms with E-state index in [9.17, 15) is 0 Å². The van der Waals surface area contributed by atoms with E-state index in [0.717, 1.165) is 21.5 Å². The molecule has 1 fully saturated rings. The molecular formula is C11H11ClN2S2. The van der Waals surface area contributed by atoms with E-state index in [1.54, 1.807) is 22.7 Å². The minimum atomic E-state index is 0.467. The fourth-order valence-electron chi connectivity index (χ4n) is 1.91. The fourth-order valence-corrected chi connectivity index (χ4v) is 3.92. The highest BCUT2D eigenvalue weighted by Gasteiger charge is 2.19. The first-order valence-electron chi connectivity index (χ1n) is 5.27. The van der Waals surface area contributed by atoms with Crippen LogP contribution >= 0.6 is 34.3 Å². The number of nitrogens with one attached hydrogen (secondary N) is 1. The van der Waals surface area contributed by atoms with Crippen LogP contribution in [0.2, 0.25) is 4.34 Å². The lowest BCUT2D eigenvalue weighted by Gasteiger charge is -2.04. The molecule has 2 nitrogen and oxygen atoms in total. The zero-order chi connectivity index (χ0) is 11.0. The fraction of sp³-hybridized carbons (Fsp3) is 0.364. The summed E-state index contributed by atoms with van der Waals surface area (Å²) in [4.78, 5) is 5.84. The molecule has 1 aliphatic rings. The number of thiazole rings is 1. The molecule has 1 aliphatic heterocycles. The Kier molecular flexibility index (Phi) is 2.98. The second-order valence-electron chi connectivity index (χ2n) is 3.82. The van der Waals surface area contributed by atoms with Gasteiger partial charge >= 0.3 is 0 Å². The van der Waals surface area contributed by atoms with Gasteiger partial charge in [0.2, 0.25) is 0 Å². The van der Waals surface area contributed by atoms with Crippen molar-refractivity contribution in [3.63, 3.8) is 0 Å². The molecule has 3 heterocycles. The van der Waals surface area contributed by atoms with Gasteiger partial charge in [-0.1, -0.05) is 11.6 Å². The van der Waals surface area contributed by atoms with Crippen molar-refractivity contribution < 1.29 is 0 Å². The van der Waals surface area contributed by atoms with Crippen molar-refractivity contribution in [3.05, 3.63) is 26.9 Å². The van der Waals surface area contributed by atoms with Gasteiger partial charge in [0.25, 0.3) is 0 Å². The van der Waals surface area contributed by atoms with E-state index in [1.165, 1.54) is 17.8 Å². The minimum Gasteiger partial charge on any atom is -0.308 e. The maximum absolute atomic E-state index is 5.93. The van der Waals surface area contributed by atoms with Crippen molar-refractivity contribution in [1.82, 2.24) is 10.3 Å². The third-order valence-corrected chi connectivity index (χ3v) is 4.92. The zero-order valence-electron chi connectivity index (χ0n) is 8.57. The lowest BCUT2D eigenvalue weighted by molar-refractivity contribution is 0.643. The van der Waals surface area contributed by atoms with Gasteiger partial charge in [0.1, 0.15) is 5.01 Å². The van der Waals surface area contributed by atoms with Gasteiger partial charge in [-0.25, -0.2) is 4.98 Å². The molecule has 1 N–H and O–H groups in total. The monoisotopic (exact) mass is 270 g/mol. The summed E-state index contributed by atoms with van der Waals surface area (Å²) in [6, 6.07) is 4.43. The second-order valence-corrected chi connectivity index (χ2v) is 6.43. The van der Waals surface area contributed by atoms with Crippen LogP contribution in [0.3, 0.4) is 0 Å². The van der Waals surface area contributed by atoms with Gasteiger partial charge in [0, 0.05) is 5.38 Å². The lowest BCUT2D eigenvalue weighted by Crippen LogP contribution is -2.12. The van der Waals surface area contributed by atoms with Gasteiger partial charge in [0.05, 0.1) is 20.9 Å². The Morgan fingerprint density at radius 3 is 3.06 bits per heavy atom. The van der Waals surface area contributed by atoms with Gasteiger partial charge < -0.3 is 5.32 Å². The summed E-state index contributed by atoms with van der Waals surface area (Å²) in [6.07, 6.45) is 2.46. The molecule has 2 aromatic rings. The highest BCUT2D eigenvalue weighted by molar-refractivity contribution is 7.19. The molecule has 0 aliphatic carbocycles. The van der Waals surface area contributed by atoms with Crippen LogP contribution in [0.4, 0.5) is 0 Å². The highest BCUT2D eigenvalue weighted by Crippen LogP contribution is 2.34. The van der Waals surface area contributed by atoms with Gasteiger partial charge in [0.15, 0.2) is 0 Å². The van der Waals surface area contributed by atoms with E-state index in [0.29, 0.717) is 6.04 Å². The summed E-state index contributed by atoms with van der Waals surface area (Å²) in [5.41, 5.74) is 1.06. The van der Waals surface area contributed by atoms with E-state index in [2.05, 4.69) is 15.7 Å². The van der Waals surface area contributed by atoms with Gasteiger partial charge in [-0.05, 0) is 31.5 Å². The van der Waals surface area contributed by atoms with Crippen molar-refractivity contribution >= 4 is 34.3 Å². The molecule has 3 rings (SSSR count). The van der Waals surface area contributed by atoms with Crippen molar-refractivity contribution in [1.29, 1.82) is 0 Å². The molecule has 84 valence electrons. The molecule has 16 heavy (non-hydrogen) atoms. The normalized spacial score (nSPS) is 20.4. The smallest absolute Gasteiger partial charge is 0.110 e. The van der Waals surface area contributed by atoms with E-state index in [-0.39, 0.29) is 0 Å². The van der Waals surface area contributed by atoms with Crippen LogP contribution in [0.5, 0.6) is 0 Å². The Balaban J connectivity index is 1.87. The Bertz CT molecular complexity index is 486. The van der Waals surface area contributed by atoms with Crippen LogP contribution in [0.1, 0.15) is 23.9 Å². The number of aromatic nitrogens is 1. The van der Waals surface area contributed by atoms with E-state index in [4.69, 9.17) is 11.6 Å². The lowest BCUT2D eigenvalue weighted by atomic mass is 10.2. The van der Waals surface area contributed by atoms with E-state index >= 15 is 0 Å². The number of hydrogen-bond acceptors (Lipinski definition) is 4. The predicted octanol–water partition coefficient (Wildman–Crippen LogP) is 3.95. The molecule has 1 saturated heterocycles. The summed E-state index contributed by atoms with van der Waals surface area (Å²) in [6.45, 7) is 1.12. The zero-order valence-corrected chi connectivity index (χ0v) is 11.0. The number of nitrogens with zero attached hydrogens (tertiary/aromatic N) is 1. The number of rotatable bonds is 2. The SMILES string of the molecule is Clc1ccc(-c2csc(C3CCCN3)n2)s1. The van der Waals surface area contributed by atoms with Gasteiger partial charge in [-0.3, -0.25) is 0 Å². The second kappa shape index (κ2) is 4.45. The van der Waals surface area contributed by atoms with Crippen molar-refractivity contribution in [2.45, 2.75) is 18.9 Å². The molecule has 0 radical (unpaired) electrons. The molecular weight excluding hydrogens is 260 g/mol. The first-order chi connectivity index (χ1) is 7.83. The summed E-state index contributed by atoms with van der Waals surface area (Å²) in [7, 11) is 0. The molecule has 2 aromatic heterocycles. The minimum absolute atomic E-state index is 0.467. The molecule has 0 spiro atoms. The Morgan fingerprint density at radius 2 is 2.38 bits per heavy atom. The maximum Gasteiger partial charge on any atom is 0.110 e. The van der Waals surface area contributed by atoms with Crippen LogP contribution in [0.25, 0.3) is 10.6 Å². The van der Waals surface area contributed by atoms with E-state index < -0.39 is 0 Å². The first-order valence-corrected chi connectivity index (χ1v) is 7.35. The summed E-state index contributed by atoms with van der Waals surface area (Å²) < 4.78 is 0.823. The number of halogens is 1. The average molecular weight is 271 g/mol. The first kappa shape index (κ1) is 10.7. The van der Waals surface area contributed by atoms with Gasteiger partial charge in [-0.2, -0.15) is 0 Å². The van der Waals surface area contributed by atoms with Crippen LogP contribution < -0.4 is 5.32 Å². The highest BCUT2D eigenvalue weighted by atomic mass is 35.5. The standard InChI is InChI=1S/C11H11ClN2S2/c12-10-4-3-9(16-10)8-6-15-11(14-8)7-2-1-5-13-7/h3-4,6-7,13H,1-2,5H2. The topological polar surface area (TPSA) is 24.9 Å². The Hall–Kier alpha value is -0.420. The van der Waals surface area contributed by atoms with Crippen LogP contribution in [-0.2, 0) is 0 Å². The molecule has 0 amide bonds. The quantitative estimate of drug-likeness (QED) is 0.894. The molecule has 5 heteroatoms. The predicted molar refractivity (Wildman–Crippen MR) is 70.4 cm³/mol. The van der Waals surface area contributed by atoms with Crippen molar-refractivity contribution in [3.8, 4) is 10.6 Å². The van der Waals surface area contributed by atoms with Crippen LogP contribution in [0.15, 0.2) is 17.5 Å². The number of thiophene rings is 1. The molecule has 0 bridgehead atoms. The third kappa shape index (κ3) is 2.02. The molecule has 1 unspecified atom stereocenters. The summed E-state index contributed by atoms with van der Waals surface area (Å²) in [5.74, 6) is 0. The van der Waals surface area contributed by atoms with Crippen LogP contribution in [0, 0.1) is 0 Å². The summed E-state index contributed by atoms with van der Waals surface area (Å²) in [5, 5.41) is 6.80. The number of hydrogen-bond donors (Lipinski definition) is 1. The van der Waals surface area contributed by atoms with Crippen LogP contribution in [-0.4, -0.2) is 11.5 Å². The largest absolute Gasteiger partial charge is 0.308 e. The average Bonchev–Trinajstić information content (AvgIpc) is 2.97. The van der Waals surface area contributed by atoms with Gasteiger partial charge in [-0.15, -0.1) is 22.7 Å². The summed E-state index contributed by atoms with van der Waals surface area (Å²) >= 11 is 9.25.